The molecule has 0 aromatic heterocycles. The van der Waals surface area contributed by atoms with E-state index in [1.807, 2.05) is 6.92 Å². The number of rotatable bonds is 3. The average molecular weight is 399 g/mol. The predicted molar refractivity (Wildman–Crippen MR) is 81.5 cm³/mol. The van der Waals surface area contributed by atoms with Gasteiger partial charge in [0.05, 0.1) is 5.56 Å². The van der Waals surface area contributed by atoms with Crippen molar-refractivity contribution in [1.82, 2.24) is 4.90 Å². The molecular formula is C13H14BrClFNO3S. The van der Waals surface area contributed by atoms with Crippen molar-refractivity contribution < 1.29 is 17.6 Å². The number of benzene rings is 1. The second kappa shape index (κ2) is 6.22. The Bertz CT molecular complexity index is 680. The Kier molecular flexibility index (Phi) is 4.95. The van der Waals surface area contributed by atoms with Gasteiger partial charge in [0.15, 0.2) is 0 Å². The first-order valence-electron chi connectivity index (χ1n) is 6.50. The molecule has 0 radical (unpaired) electrons. The highest BCUT2D eigenvalue weighted by Crippen LogP contribution is 2.30. The maximum absolute atomic E-state index is 13.7. The zero-order chi connectivity index (χ0) is 15.8. The minimum Gasteiger partial charge on any atom is -0.336 e. The van der Waals surface area contributed by atoms with E-state index in [2.05, 4.69) is 15.9 Å². The maximum Gasteiger partial charge on any atom is 0.264 e. The van der Waals surface area contributed by atoms with Crippen LogP contribution in [0.3, 0.4) is 0 Å². The van der Waals surface area contributed by atoms with Gasteiger partial charge in [-0.25, -0.2) is 12.8 Å². The molecule has 0 N–H and O–H groups in total. The van der Waals surface area contributed by atoms with Gasteiger partial charge in [-0.15, -0.1) is 0 Å². The van der Waals surface area contributed by atoms with Gasteiger partial charge in [0, 0.05) is 27.7 Å². The molecule has 21 heavy (non-hydrogen) atoms. The molecule has 1 aromatic rings. The zero-order valence-electron chi connectivity index (χ0n) is 11.3. The van der Waals surface area contributed by atoms with Gasteiger partial charge in [-0.1, -0.05) is 6.92 Å². The normalized spacial score (nSPS) is 19.0. The minimum absolute atomic E-state index is 0.107. The summed E-state index contributed by atoms with van der Waals surface area (Å²) in [6.45, 7) is 2.61. The fourth-order valence-corrected chi connectivity index (χ4v) is 3.95. The first kappa shape index (κ1) is 16.7. The van der Waals surface area contributed by atoms with E-state index in [0.29, 0.717) is 6.54 Å². The Balaban J connectivity index is 2.46. The molecule has 0 bridgehead atoms. The molecule has 0 spiro atoms. The molecule has 2 rings (SSSR count). The lowest BCUT2D eigenvalue weighted by atomic mass is 10.1. The van der Waals surface area contributed by atoms with Gasteiger partial charge in [-0.3, -0.25) is 4.79 Å². The molecule has 0 aliphatic carbocycles. The Morgan fingerprint density at radius 3 is 2.76 bits per heavy atom. The SMILES string of the molecule is CCC1CCCN1C(=O)c1cc(S(=O)(=O)Cl)c(F)cc1Br. The van der Waals surface area contributed by atoms with E-state index >= 15 is 0 Å². The standard InChI is InChI=1S/C13H14BrClFNO3S/c1-2-8-4-3-5-17(8)13(18)9-6-12(21(15,19)20)11(16)7-10(9)14/h6-8H,2-5H2,1H3. The molecular weight excluding hydrogens is 385 g/mol. The van der Waals surface area contributed by atoms with Crippen LogP contribution >= 0.6 is 26.6 Å². The molecule has 1 unspecified atom stereocenters. The van der Waals surface area contributed by atoms with E-state index < -0.39 is 19.8 Å². The zero-order valence-corrected chi connectivity index (χ0v) is 14.4. The quantitative estimate of drug-likeness (QED) is 0.732. The number of carbonyl (C=O) groups excluding carboxylic acids is 1. The highest BCUT2D eigenvalue weighted by molar-refractivity contribution is 9.10. The highest BCUT2D eigenvalue weighted by atomic mass is 79.9. The summed E-state index contributed by atoms with van der Waals surface area (Å²) in [6.07, 6.45) is 2.65. The van der Waals surface area contributed by atoms with Crippen molar-refractivity contribution in [3.8, 4) is 0 Å². The third-order valence-electron chi connectivity index (χ3n) is 3.62. The van der Waals surface area contributed by atoms with Crippen molar-refractivity contribution in [2.45, 2.75) is 37.1 Å². The summed E-state index contributed by atoms with van der Waals surface area (Å²) < 4.78 is 36.6. The lowest BCUT2D eigenvalue weighted by molar-refractivity contribution is 0.0732. The number of hydrogen-bond donors (Lipinski definition) is 0. The first-order chi connectivity index (χ1) is 9.75. The van der Waals surface area contributed by atoms with Crippen LogP contribution in [0.5, 0.6) is 0 Å². The molecule has 1 saturated heterocycles. The van der Waals surface area contributed by atoms with Crippen molar-refractivity contribution in [3.05, 3.63) is 28.0 Å². The smallest absolute Gasteiger partial charge is 0.264 e. The van der Waals surface area contributed by atoms with Crippen LogP contribution in [0.4, 0.5) is 4.39 Å². The summed E-state index contributed by atoms with van der Waals surface area (Å²) in [6, 6.07) is 2.08. The molecule has 116 valence electrons. The van der Waals surface area contributed by atoms with Crippen molar-refractivity contribution >= 4 is 41.6 Å². The number of hydrogen-bond acceptors (Lipinski definition) is 3. The molecule has 0 saturated carbocycles. The van der Waals surface area contributed by atoms with E-state index in [-0.39, 0.29) is 22.0 Å². The topological polar surface area (TPSA) is 54.5 Å². The Hall–Kier alpha value is -0.660. The van der Waals surface area contributed by atoms with Gasteiger partial charge in [0.2, 0.25) is 0 Å². The molecule has 8 heteroatoms. The van der Waals surface area contributed by atoms with Crippen LogP contribution in [-0.2, 0) is 9.05 Å². The Morgan fingerprint density at radius 1 is 1.52 bits per heavy atom. The van der Waals surface area contributed by atoms with Crippen LogP contribution in [-0.4, -0.2) is 31.8 Å². The third kappa shape index (κ3) is 3.40. The monoisotopic (exact) mass is 397 g/mol. The second-order valence-electron chi connectivity index (χ2n) is 4.90. The van der Waals surface area contributed by atoms with Crippen LogP contribution in [0.25, 0.3) is 0 Å². The van der Waals surface area contributed by atoms with Crippen molar-refractivity contribution in [3.63, 3.8) is 0 Å². The van der Waals surface area contributed by atoms with E-state index in [1.54, 1.807) is 4.90 Å². The number of amides is 1. The van der Waals surface area contributed by atoms with Crippen LogP contribution in [0, 0.1) is 5.82 Å². The van der Waals surface area contributed by atoms with E-state index in [4.69, 9.17) is 10.7 Å². The molecule has 1 aromatic carbocycles. The molecule has 1 aliphatic heterocycles. The summed E-state index contributed by atoms with van der Waals surface area (Å²) in [4.78, 5) is 13.6. The molecule has 1 atom stereocenters. The van der Waals surface area contributed by atoms with E-state index in [9.17, 15) is 17.6 Å². The average Bonchev–Trinajstić information content (AvgIpc) is 2.84. The molecule has 1 aliphatic rings. The molecule has 4 nitrogen and oxygen atoms in total. The van der Waals surface area contributed by atoms with Gasteiger partial charge in [-0.2, -0.15) is 0 Å². The second-order valence-corrected chi connectivity index (χ2v) is 8.29. The molecule has 1 heterocycles. The van der Waals surface area contributed by atoms with Crippen LogP contribution in [0.1, 0.15) is 36.5 Å². The largest absolute Gasteiger partial charge is 0.336 e. The number of nitrogens with zero attached hydrogens (tertiary/aromatic N) is 1. The fourth-order valence-electron chi connectivity index (χ4n) is 2.56. The van der Waals surface area contributed by atoms with E-state index in [0.717, 1.165) is 31.4 Å². The van der Waals surface area contributed by atoms with Crippen LogP contribution < -0.4 is 0 Å². The predicted octanol–water partition coefficient (Wildman–Crippen LogP) is 3.53. The first-order valence-corrected chi connectivity index (χ1v) is 9.60. The third-order valence-corrected chi connectivity index (χ3v) is 5.62. The minimum atomic E-state index is -4.24. The van der Waals surface area contributed by atoms with Crippen molar-refractivity contribution in [2.75, 3.05) is 6.54 Å². The van der Waals surface area contributed by atoms with Gasteiger partial charge in [0.1, 0.15) is 10.7 Å². The lowest BCUT2D eigenvalue weighted by Crippen LogP contribution is -2.35. The summed E-state index contributed by atoms with van der Waals surface area (Å²) in [7, 11) is 0.957. The number of halogens is 3. The summed E-state index contributed by atoms with van der Waals surface area (Å²) in [5.41, 5.74) is 0.107. The Morgan fingerprint density at radius 2 is 2.19 bits per heavy atom. The fraction of sp³-hybridized carbons (Fsp3) is 0.462. The molecule has 1 fully saturated rings. The van der Waals surface area contributed by atoms with E-state index in [1.165, 1.54) is 0 Å². The number of likely N-dealkylation sites (tertiary alicyclic amines) is 1. The van der Waals surface area contributed by atoms with Crippen LogP contribution in [0.2, 0.25) is 0 Å². The summed E-state index contributed by atoms with van der Waals surface area (Å²) >= 11 is 3.11. The van der Waals surface area contributed by atoms with Gasteiger partial charge in [-0.05, 0) is 47.3 Å². The van der Waals surface area contributed by atoms with Gasteiger partial charge < -0.3 is 4.90 Å². The summed E-state index contributed by atoms with van der Waals surface area (Å²) in [5.74, 6) is -1.30. The van der Waals surface area contributed by atoms with Gasteiger partial charge >= 0.3 is 0 Å². The Labute approximate surface area is 135 Å². The maximum atomic E-state index is 13.7. The lowest BCUT2D eigenvalue weighted by Gasteiger charge is -2.24. The summed E-state index contributed by atoms with van der Waals surface area (Å²) in [5, 5.41) is 0. The number of carbonyl (C=O) groups is 1. The highest BCUT2D eigenvalue weighted by Gasteiger charge is 2.30. The van der Waals surface area contributed by atoms with Gasteiger partial charge in [0.25, 0.3) is 15.0 Å². The van der Waals surface area contributed by atoms with Crippen molar-refractivity contribution in [2.24, 2.45) is 0 Å². The van der Waals surface area contributed by atoms with Crippen molar-refractivity contribution in [1.29, 1.82) is 0 Å². The molecule has 1 amide bonds. The van der Waals surface area contributed by atoms with Crippen LogP contribution in [0.15, 0.2) is 21.5 Å².